The van der Waals surface area contributed by atoms with Crippen LogP contribution in [-0.4, -0.2) is 41.5 Å². The fourth-order valence-electron chi connectivity index (χ4n) is 3.98. The van der Waals surface area contributed by atoms with Gasteiger partial charge in [0.05, 0.1) is 17.8 Å². The van der Waals surface area contributed by atoms with Crippen molar-refractivity contribution >= 4 is 32.5 Å². The molecular weight excluding hydrogens is 412 g/mol. The number of aryl methyl sites for hydroxylation is 2. The lowest BCUT2D eigenvalue weighted by molar-refractivity contribution is -0.120. The molecule has 0 radical (unpaired) electrons. The quantitative estimate of drug-likeness (QED) is 0.756. The van der Waals surface area contributed by atoms with E-state index in [1.165, 1.54) is 18.4 Å². The first-order valence-corrected chi connectivity index (χ1v) is 11.6. The zero-order valence-corrected chi connectivity index (χ0v) is 18.0. The summed E-state index contributed by atoms with van der Waals surface area (Å²) in [6, 6.07) is 0.751. The molecule has 0 bridgehead atoms. The molecule has 2 atom stereocenters. The third-order valence-corrected chi connectivity index (χ3v) is 8.59. The molecule has 1 aliphatic carbocycles. The number of anilines is 1. The maximum atomic E-state index is 13.1. The Kier molecular flexibility index (Phi) is 4.98. The lowest BCUT2D eigenvalue weighted by Gasteiger charge is -2.36. The number of hydrogen-bond donors (Lipinski definition) is 2. The van der Waals surface area contributed by atoms with E-state index in [2.05, 4.69) is 21.2 Å². The van der Waals surface area contributed by atoms with E-state index in [1.807, 2.05) is 6.92 Å². The molecule has 29 heavy (non-hydrogen) atoms. The van der Waals surface area contributed by atoms with Crippen molar-refractivity contribution in [1.29, 1.82) is 5.26 Å². The monoisotopic (exact) mass is 434 g/mol. The standard InChI is InChI=1S/C18H22N6O3S2/c1-10-13(9-20-23(10)2)14-7-15(24(3)29(26,27)22-14)17(25)21-18-12(8-19)11-5-4-6-16(11)28-18/h9,14-15,22H,4-7H2,1-3H3,(H,21,25)/t14-,15+/m1/s1. The van der Waals surface area contributed by atoms with Gasteiger partial charge < -0.3 is 5.32 Å². The molecule has 3 heterocycles. The number of rotatable bonds is 3. The zero-order valence-electron chi connectivity index (χ0n) is 16.4. The van der Waals surface area contributed by atoms with Crippen LogP contribution in [0.4, 0.5) is 5.00 Å². The Morgan fingerprint density at radius 3 is 2.83 bits per heavy atom. The topological polar surface area (TPSA) is 120 Å². The van der Waals surface area contributed by atoms with Crippen LogP contribution in [0.1, 0.15) is 46.1 Å². The number of nitrogens with one attached hydrogen (secondary N) is 2. The molecule has 1 aliphatic heterocycles. The van der Waals surface area contributed by atoms with Crippen LogP contribution in [0.3, 0.4) is 0 Å². The van der Waals surface area contributed by atoms with E-state index >= 15 is 0 Å². The number of thiophene rings is 1. The van der Waals surface area contributed by atoms with Crippen molar-refractivity contribution < 1.29 is 13.2 Å². The molecule has 1 fully saturated rings. The molecule has 2 aromatic rings. The molecule has 2 aliphatic rings. The van der Waals surface area contributed by atoms with Crippen LogP contribution in [0.2, 0.25) is 0 Å². The van der Waals surface area contributed by atoms with Gasteiger partial charge in [-0.2, -0.15) is 27.8 Å². The summed E-state index contributed by atoms with van der Waals surface area (Å²) in [5, 5.41) is 17.1. The van der Waals surface area contributed by atoms with Crippen molar-refractivity contribution in [3.63, 3.8) is 0 Å². The van der Waals surface area contributed by atoms with Crippen LogP contribution in [0.15, 0.2) is 6.20 Å². The maximum absolute atomic E-state index is 13.1. The van der Waals surface area contributed by atoms with Crippen molar-refractivity contribution in [2.24, 2.45) is 7.05 Å². The highest BCUT2D eigenvalue weighted by Crippen LogP contribution is 2.39. The number of fused-ring (bicyclic) bond motifs is 1. The highest BCUT2D eigenvalue weighted by molar-refractivity contribution is 7.87. The zero-order chi connectivity index (χ0) is 20.9. The molecule has 0 aromatic carbocycles. The molecule has 1 amide bonds. The number of amides is 1. The molecule has 4 rings (SSSR count). The van der Waals surface area contributed by atoms with Crippen molar-refractivity contribution in [1.82, 2.24) is 18.8 Å². The van der Waals surface area contributed by atoms with Gasteiger partial charge in [0.15, 0.2) is 0 Å². The minimum absolute atomic E-state index is 0.265. The minimum Gasteiger partial charge on any atom is -0.315 e. The van der Waals surface area contributed by atoms with Crippen LogP contribution in [0.25, 0.3) is 0 Å². The average molecular weight is 435 g/mol. The summed E-state index contributed by atoms with van der Waals surface area (Å²) >= 11 is 1.42. The number of carbonyl (C=O) groups is 1. The fraction of sp³-hybridized carbons (Fsp3) is 0.500. The van der Waals surface area contributed by atoms with E-state index in [9.17, 15) is 18.5 Å². The van der Waals surface area contributed by atoms with Gasteiger partial charge in [0.2, 0.25) is 5.91 Å². The summed E-state index contributed by atoms with van der Waals surface area (Å²) in [4.78, 5) is 14.2. The lowest BCUT2D eigenvalue weighted by atomic mass is 10.00. The van der Waals surface area contributed by atoms with Gasteiger partial charge in [-0.25, -0.2) is 0 Å². The molecule has 154 valence electrons. The second kappa shape index (κ2) is 7.21. The SMILES string of the molecule is Cc1c([C@H]2C[C@@H](C(=O)Nc3sc4c(c3C#N)CCC4)N(C)S(=O)(=O)N2)cnn1C. The van der Waals surface area contributed by atoms with E-state index in [0.29, 0.717) is 10.6 Å². The Bertz CT molecular complexity index is 1130. The lowest BCUT2D eigenvalue weighted by Crippen LogP contribution is -2.56. The predicted molar refractivity (Wildman–Crippen MR) is 109 cm³/mol. The Labute approximate surface area is 173 Å². The summed E-state index contributed by atoms with van der Waals surface area (Å²) in [6.45, 7) is 1.86. The molecule has 1 saturated heterocycles. The predicted octanol–water partition coefficient (Wildman–Crippen LogP) is 1.37. The summed E-state index contributed by atoms with van der Waals surface area (Å²) in [6.07, 6.45) is 4.66. The molecule has 9 nitrogen and oxygen atoms in total. The number of carbonyl (C=O) groups excluding carboxylic acids is 1. The van der Waals surface area contributed by atoms with Crippen LogP contribution >= 0.6 is 11.3 Å². The summed E-state index contributed by atoms with van der Waals surface area (Å²) in [5.74, 6) is -0.430. The van der Waals surface area contributed by atoms with Crippen LogP contribution in [-0.2, 0) is 34.9 Å². The first-order chi connectivity index (χ1) is 13.7. The third kappa shape index (κ3) is 3.36. The number of hydrogen-bond acceptors (Lipinski definition) is 6. The van der Waals surface area contributed by atoms with Crippen LogP contribution < -0.4 is 10.0 Å². The maximum Gasteiger partial charge on any atom is 0.280 e. The smallest absolute Gasteiger partial charge is 0.280 e. The van der Waals surface area contributed by atoms with E-state index in [-0.39, 0.29) is 6.42 Å². The number of nitriles is 1. The summed E-state index contributed by atoms with van der Waals surface area (Å²) in [7, 11) is -0.670. The number of likely N-dealkylation sites (N-methyl/N-ethyl adjacent to an activating group) is 1. The summed E-state index contributed by atoms with van der Waals surface area (Å²) in [5.41, 5.74) is 3.11. The Balaban J connectivity index is 1.62. The average Bonchev–Trinajstić information content (AvgIpc) is 3.33. The van der Waals surface area contributed by atoms with Crippen LogP contribution in [0.5, 0.6) is 0 Å². The van der Waals surface area contributed by atoms with Gasteiger partial charge in [-0.1, -0.05) is 0 Å². The van der Waals surface area contributed by atoms with Crippen LogP contribution in [0, 0.1) is 18.3 Å². The van der Waals surface area contributed by atoms with Gasteiger partial charge in [0.25, 0.3) is 10.2 Å². The fourth-order valence-corrected chi connectivity index (χ4v) is 6.48. The van der Waals surface area contributed by atoms with Crippen molar-refractivity contribution in [3.05, 3.63) is 33.5 Å². The van der Waals surface area contributed by atoms with Gasteiger partial charge in [-0.3, -0.25) is 9.48 Å². The normalized spacial score (nSPS) is 23.5. The Morgan fingerprint density at radius 1 is 1.41 bits per heavy atom. The summed E-state index contributed by atoms with van der Waals surface area (Å²) < 4.78 is 30.6. The first-order valence-electron chi connectivity index (χ1n) is 9.32. The van der Waals surface area contributed by atoms with E-state index in [1.54, 1.807) is 17.9 Å². The van der Waals surface area contributed by atoms with Gasteiger partial charge in [0, 0.05) is 30.2 Å². The number of nitrogens with zero attached hydrogens (tertiary/aromatic N) is 4. The molecule has 11 heteroatoms. The molecule has 2 aromatic heterocycles. The first kappa shape index (κ1) is 20.0. The van der Waals surface area contributed by atoms with E-state index in [0.717, 1.165) is 45.3 Å². The van der Waals surface area contributed by atoms with Gasteiger partial charge in [0.1, 0.15) is 17.1 Å². The minimum atomic E-state index is -3.84. The third-order valence-electron chi connectivity index (χ3n) is 5.79. The Hall–Kier alpha value is -2.26. The second-order valence-electron chi connectivity index (χ2n) is 7.41. The van der Waals surface area contributed by atoms with Gasteiger partial charge >= 0.3 is 0 Å². The largest absolute Gasteiger partial charge is 0.315 e. The Morgan fingerprint density at radius 2 is 2.17 bits per heavy atom. The van der Waals surface area contributed by atoms with Gasteiger partial charge in [-0.05, 0) is 38.2 Å². The highest BCUT2D eigenvalue weighted by Gasteiger charge is 2.42. The molecule has 0 spiro atoms. The van der Waals surface area contributed by atoms with E-state index in [4.69, 9.17) is 0 Å². The molecule has 0 saturated carbocycles. The highest BCUT2D eigenvalue weighted by atomic mass is 32.2. The molecule has 0 unspecified atom stereocenters. The van der Waals surface area contributed by atoms with E-state index < -0.39 is 28.2 Å². The van der Waals surface area contributed by atoms with Crippen molar-refractivity contribution in [2.45, 2.75) is 44.7 Å². The number of aromatic nitrogens is 2. The molecular formula is C18H22N6O3S2. The second-order valence-corrected chi connectivity index (χ2v) is 10.3. The van der Waals surface area contributed by atoms with Gasteiger partial charge in [-0.15, -0.1) is 11.3 Å². The van der Waals surface area contributed by atoms with Crippen molar-refractivity contribution in [3.8, 4) is 6.07 Å². The molecule has 2 N–H and O–H groups in total. The van der Waals surface area contributed by atoms with Crippen molar-refractivity contribution in [2.75, 3.05) is 12.4 Å².